The molecule has 0 aliphatic rings. The second-order valence-corrected chi connectivity index (χ2v) is 2.83. The molecular formula is C10H11ClO3. The summed E-state index contributed by atoms with van der Waals surface area (Å²) in [5.41, 5.74) is 0.498. The van der Waals surface area contributed by atoms with Gasteiger partial charge in [0.1, 0.15) is 6.07 Å². The number of hydrogen-bond acceptors (Lipinski definition) is 3. The van der Waals surface area contributed by atoms with Gasteiger partial charge in [0.25, 0.3) is 0 Å². The van der Waals surface area contributed by atoms with Crippen molar-refractivity contribution < 1.29 is 14.3 Å². The van der Waals surface area contributed by atoms with Crippen LogP contribution in [-0.2, 0) is 9.47 Å². The van der Waals surface area contributed by atoms with E-state index in [0.29, 0.717) is 5.56 Å². The fraction of sp³-hybridized carbons (Fsp3) is 0.300. The lowest BCUT2D eigenvalue weighted by Crippen LogP contribution is -2.17. The van der Waals surface area contributed by atoms with E-state index in [4.69, 9.17) is 21.1 Å². The molecule has 76 valence electrons. The van der Waals surface area contributed by atoms with Crippen molar-refractivity contribution in [2.24, 2.45) is 0 Å². The Morgan fingerprint density at radius 2 is 2.07 bits per heavy atom. The summed E-state index contributed by atoms with van der Waals surface area (Å²) in [7, 11) is 0. The Hall–Kier alpha value is -1.06. The Morgan fingerprint density at radius 3 is 2.64 bits per heavy atom. The van der Waals surface area contributed by atoms with E-state index in [-0.39, 0.29) is 6.07 Å². The summed E-state index contributed by atoms with van der Waals surface area (Å²) in [4.78, 5) is 11.4. The van der Waals surface area contributed by atoms with Crippen molar-refractivity contribution in [2.75, 3.05) is 6.07 Å². The lowest BCUT2D eigenvalue weighted by molar-refractivity contribution is -0.0838. The van der Waals surface area contributed by atoms with Crippen LogP contribution in [0.15, 0.2) is 30.3 Å². The molecule has 0 aliphatic heterocycles. The maximum absolute atomic E-state index is 11.4. The molecule has 0 heterocycles. The van der Waals surface area contributed by atoms with E-state index in [1.807, 2.05) is 6.07 Å². The molecule has 0 amide bonds. The predicted octanol–water partition coefficient (Wildman–Crippen LogP) is 2.40. The molecule has 1 atom stereocenters. The summed E-state index contributed by atoms with van der Waals surface area (Å²) >= 11 is 5.31. The van der Waals surface area contributed by atoms with E-state index >= 15 is 0 Å². The number of esters is 1. The highest BCUT2D eigenvalue weighted by atomic mass is 35.5. The van der Waals surface area contributed by atoms with Gasteiger partial charge in [0.2, 0.25) is 6.29 Å². The normalized spacial score (nSPS) is 12.1. The van der Waals surface area contributed by atoms with Gasteiger partial charge in [0.15, 0.2) is 0 Å². The van der Waals surface area contributed by atoms with Crippen molar-refractivity contribution in [3.8, 4) is 0 Å². The first-order chi connectivity index (χ1) is 6.74. The van der Waals surface area contributed by atoms with Gasteiger partial charge in [-0.3, -0.25) is 0 Å². The molecule has 0 aliphatic carbocycles. The Balaban J connectivity index is 2.51. The summed E-state index contributed by atoms with van der Waals surface area (Å²) in [6.07, 6.45) is -0.625. The second-order valence-electron chi connectivity index (χ2n) is 2.61. The zero-order valence-electron chi connectivity index (χ0n) is 7.77. The van der Waals surface area contributed by atoms with Gasteiger partial charge < -0.3 is 9.47 Å². The van der Waals surface area contributed by atoms with Gasteiger partial charge in [0, 0.05) is 0 Å². The second kappa shape index (κ2) is 5.62. The Kier molecular flexibility index (Phi) is 4.43. The van der Waals surface area contributed by atoms with Crippen LogP contribution in [0.25, 0.3) is 0 Å². The first kappa shape index (κ1) is 11.0. The van der Waals surface area contributed by atoms with Crippen molar-refractivity contribution >= 4 is 17.6 Å². The first-order valence-electron chi connectivity index (χ1n) is 4.17. The highest BCUT2D eigenvalue weighted by molar-refractivity contribution is 6.17. The number of carbonyl (C=O) groups is 1. The molecule has 1 aromatic carbocycles. The van der Waals surface area contributed by atoms with Crippen LogP contribution in [0.2, 0.25) is 0 Å². The summed E-state index contributed by atoms with van der Waals surface area (Å²) in [5.74, 6) is -0.414. The van der Waals surface area contributed by atoms with Crippen LogP contribution in [0.1, 0.15) is 17.3 Å². The average Bonchev–Trinajstić information content (AvgIpc) is 2.19. The summed E-state index contributed by atoms with van der Waals surface area (Å²) in [6, 6.07) is 8.72. The largest absolute Gasteiger partial charge is 0.432 e. The quantitative estimate of drug-likeness (QED) is 0.439. The molecule has 0 spiro atoms. The Labute approximate surface area is 87.6 Å². The van der Waals surface area contributed by atoms with E-state index in [9.17, 15) is 4.79 Å². The van der Waals surface area contributed by atoms with Crippen LogP contribution < -0.4 is 0 Å². The van der Waals surface area contributed by atoms with Gasteiger partial charge in [-0.2, -0.15) is 0 Å². The highest BCUT2D eigenvalue weighted by Crippen LogP contribution is 2.04. The zero-order chi connectivity index (χ0) is 10.4. The smallest absolute Gasteiger partial charge is 0.340 e. The van der Waals surface area contributed by atoms with Crippen LogP contribution in [0.3, 0.4) is 0 Å². The number of carbonyl (C=O) groups excluding carboxylic acids is 1. The minimum atomic E-state index is -0.625. The van der Waals surface area contributed by atoms with Gasteiger partial charge in [-0.05, 0) is 19.1 Å². The molecule has 1 unspecified atom stereocenters. The molecule has 0 bridgehead atoms. The van der Waals surface area contributed by atoms with Crippen LogP contribution in [0.4, 0.5) is 0 Å². The van der Waals surface area contributed by atoms with E-state index in [1.165, 1.54) is 0 Å². The highest BCUT2D eigenvalue weighted by Gasteiger charge is 2.10. The van der Waals surface area contributed by atoms with E-state index in [1.54, 1.807) is 31.2 Å². The minimum Gasteiger partial charge on any atom is -0.432 e. The van der Waals surface area contributed by atoms with Crippen LogP contribution >= 0.6 is 11.6 Å². The van der Waals surface area contributed by atoms with E-state index in [2.05, 4.69) is 0 Å². The first-order valence-corrected chi connectivity index (χ1v) is 4.71. The van der Waals surface area contributed by atoms with Crippen LogP contribution in [-0.4, -0.2) is 18.3 Å². The predicted molar refractivity (Wildman–Crippen MR) is 53.1 cm³/mol. The van der Waals surface area contributed by atoms with Gasteiger partial charge in [-0.1, -0.05) is 29.8 Å². The fourth-order valence-electron chi connectivity index (χ4n) is 0.916. The van der Waals surface area contributed by atoms with Gasteiger partial charge in [-0.25, -0.2) is 4.79 Å². The van der Waals surface area contributed by atoms with Crippen molar-refractivity contribution in [3.05, 3.63) is 35.9 Å². The molecule has 1 rings (SSSR count). The Bertz CT molecular complexity index is 287. The third-order valence-electron chi connectivity index (χ3n) is 1.58. The number of halogens is 1. The molecule has 0 saturated carbocycles. The van der Waals surface area contributed by atoms with Crippen molar-refractivity contribution in [3.63, 3.8) is 0 Å². The van der Waals surface area contributed by atoms with Gasteiger partial charge >= 0.3 is 5.97 Å². The molecule has 0 aromatic heterocycles. The molecule has 1 aromatic rings. The number of hydrogen-bond donors (Lipinski definition) is 0. The molecule has 14 heavy (non-hydrogen) atoms. The van der Waals surface area contributed by atoms with Crippen LogP contribution in [0.5, 0.6) is 0 Å². The van der Waals surface area contributed by atoms with Crippen molar-refractivity contribution in [1.29, 1.82) is 0 Å². The van der Waals surface area contributed by atoms with Gasteiger partial charge in [0.05, 0.1) is 5.56 Å². The molecule has 4 heteroatoms. The van der Waals surface area contributed by atoms with Crippen LogP contribution in [0, 0.1) is 0 Å². The molecule has 0 radical (unpaired) electrons. The molecular weight excluding hydrogens is 204 g/mol. The maximum Gasteiger partial charge on any atom is 0.340 e. The number of rotatable bonds is 4. The third kappa shape index (κ3) is 3.36. The molecule has 0 saturated heterocycles. The SMILES string of the molecule is CC(OCCl)OC(=O)c1ccccc1. The lowest BCUT2D eigenvalue weighted by Gasteiger charge is -2.11. The number of alkyl halides is 1. The van der Waals surface area contributed by atoms with Gasteiger partial charge in [-0.15, -0.1) is 0 Å². The summed E-state index contributed by atoms with van der Waals surface area (Å²) in [5, 5.41) is 0. The summed E-state index contributed by atoms with van der Waals surface area (Å²) < 4.78 is 9.79. The van der Waals surface area contributed by atoms with Crippen molar-refractivity contribution in [1.82, 2.24) is 0 Å². The number of ether oxygens (including phenoxy) is 2. The summed E-state index contributed by atoms with van der Waals surface area (Å²) in [6.45, 7) is 1.61. The average molecular weight is 215 g/mol. The molecule has 0 N–H and O–H groups in total. The van der Waals surface area contributed by atoms with E-state index in [0.717, 1.165) is 0 Å². The van der Waals surface area contributed by atoms with Crippen molar-refractivity contribution in [2.45, 2.75) is 13.2 Å². The molecule has 0 fully saturated rings. The Morgan fingerprint density at radius 1 is 1.43 bits per heavy atom. The fourth-order valence-corrected chi connectivity index (χ4v) is 1.09. The standard InChI is InChI=1S/C10H11ClO3/c1-8(13-7-11)14-10(12)9-5-3-2-4-6-9/h2-6,8H,7H2,1H3. The minimum absolute atomic E-state index is 0.00321. The third-order valence-corrected chi connectivity index (χ3v) is 1.71. The van der Waals surface area contributed by atoms with E-state index < -0.39 is 12.3 Å². The maximum atomic E-state index is 11.4. The molecule has 3 nitrogen and oxygen atoms in total. The number of benzene rings is 1. The topological polar surface area (TPSA) is 35.5 Å². The monoisotopic (exact) mass is 214 g/mol. The zero-order valence-corrected chi connectivity index (χ0v) is 8.53. The lowest BCUT2D eigenvalue weighted by atomic mass is 10.2.